The van der Waals surface area contributed by atoms with Gasteiger partial charge in [-0.3, -0.25) is 0 Å². The summed E-state index contributed by atoms with van der Waals surface area (Å²) in [6.07, 6.45) is 0. The summed E-state index contributed by atoms with van der Waals surface area (Å²) in [6.45, 7) is 1.26. The molecule has 0 radical (unpaired) electrons. The third-order valence-corrected chi connectivity index (χ3v) is 3.82. The van der Waals surface area contributed by atoms with Gasteiger partial charge in [-0.05, 0) is 12.1 Å². The quantitative estimate of drug-likeness (QED) is 0.797. The molecule has 1 atom stereocenters. The molecule has 2 N–H and O–H groups in total. The molecule has 0 bridgehead atoms. The minimum absolute atomic E-state index is 0.637. The van der Waals surface area contributed by atoms with E-state index in [-0.39, 0.29) is 0 Å². The van der Waals surface area contributed by atoms with Crippen LogP contribution >= 0.6 is 27.7 Å². The summed E-state index contributed by atoms with van der Waals surface area (Å²) in [6, 6.07) is 8.62. The van der Waals surface area contributed by atoms with Crippen molar-refractivity contribution in [1.82, 2.24) is 0 Å². The van der Waals surface area contributed by atoms with Gasteiger partial charge in [-0.25, -0.2) is 0 Å². The van der Waals surface area contributed by atoms with Crippen molar-refractivity contribution in [2.24, 2.45) is 0 Å². The molecule has 0 saturated carbocycles. The molecule has 0 aliphatic carbocycles. The zero-order valence-corrected chi connectivity index (χ0v) is 9.07. The molecule has 0 aromatic heterocycles. The van der Waals surface area contributed by atoms with Gasteiger partial charge in [0.2, 0.25) is 0 Å². The van der Waals surface area contributed by atoms with Crippen LogP contribution < -0.4 is 5.32 Å². The topological polar surface area (TPSA) is 16.6 Å². The summed E-state index contributed by atoms with van der Waals surface area (Å²) >= 11 is 5.47. The van der Waals surface area contributed by atoms with E-state index in [1.165, 1.54) is 17.9 Å². The first kappa shape index (κ1) is 8.60. The zero-order chi connectivity index (χ0) is 8.39. The van der Waals surface area contributed by atoms with Crippen molar-refractivity contribution >= 4 is 27.7 Å². The predicted molar refractivity (Wildman–Crippen MR) is 56.1 cm³/mol. The van der Waals surface area contributed by atoms with Crippen LogP contribution in [0.5, 0.6) is 0 Å². The maximum atomic E-state index is 3.44. The highest BCUT2D eigenvalue weighted by Gasteiger charge is 2.20. The number of rotatable bonds is 1. The third kappa shape index (κ3) is 1.84. The van der Waals surface area contributed by atoms with Gasteiger partial charge in [-0.2, -0.15) is 0 Å². The van der Waals surface area contributed by atoms with E-state index in [9.17, 15) is 0 Å². The average Bonchev–Trinajstić information content (AvgIpc) is 2.58. The summed E-state index contributed by atoms with van der Waals surface area (Å²) in [5, 5.41) is 3.03. The summed E-state index contributed by atoms with van der Waals surface area (Å²) in [5.74, 6) is 1.28. The Morgan fingerprint density at radius 3 is 2.67 bits per heavy atom. The van der Waals surface area contributed by atoms with E-state index in [1.807, 2.05) is 11.8 Å². The molecule has 1 aliphatic rings. The molecule has 64 valence electrons. The Balaban J connectivity index is 2.17. The van der Waals surface area contributed by atoms with Crippen LogP contribution in [0.25, 0.3) is 0 Å². The first-order chi connectivity index (χ1) is 5.86. The molecule has 0 unspecified atom stereocenters. The van der Waals surface area contributed by atoms with Crippen LogP contribution in [-0.2, 0) is 0 Å². The maximum absolute atomic E-state index is 3.44. The first-order valence-electron chi connectivity index (χ1n) is 4.06. The smallest absolute Gasteiger partial charge is 0.159 e. The molecule has 12 heavy (non-hydrogen) atoms. The Bertz CT molecular complexity index is 254. The molecule has 1 aromatic rings. The molecular formula is C9H11BrNS+. The number of nitrogens with two attached hydrogens (primary N) is 1. The van der Waals surface area contributed by atoms with Gasteiger partial charge in [0.25, 0.3) is 0 Å². The fourth-order valence-corrected chi connectivity index (χ4v) is 2.78. The van der Waals surface area contributed by atoms with Crippen LogP contribution in [0.15, 0.2) is 28.7 Å². The minimum atomic E-state index is 0.637. The fourth-order valence-electron chi connectivity index (χ4n) is 1.37. The van der Waals surface area contributed by atoms with Crippen molar-refractivity contribution in [1.29, 1.82) is 0 Å². The van der Waals surface area contributed by atoms with E-state index in [2.05, 4.69) is 45.5 Å². The molecule has 1 aromatic carbocycles. The Morgan fingerprint density at radius 2 is 2.08 bits per heavy atom. The Labute approximate surface area is 85.1 Å². The van der Waals surface area contributed by atoms with Gasteiger partial charge >= 0.3 is 0 Å². The second-order valence-corrected chi connectivity index (χ2v) is 5.03. The van der Waals surface area contributed by atoms with E-state index in [1.54, 1.807) is 0 Å². The van der Waals surface area contributed by atoms with Gasteiger partial charge in [0.1, 0.15) is 0 Å². The second-order valence-electron chi connectivity index (χ2n) is 2.87. The molecule has 1 heterocycles. The second kappa shape index (κ2) is 3.81. The summed E-state index contributed by atoms with van der Waals surface area (Å²) in [4.78, 5) is 0. The van der Waals surface area contributed by atoms with Gasteiger partial charge in [0, 0.05) is 15.8 Å². The van der Waals surface area contributed by atoms with Gasteiger partial charge in [-0.1, -0.05) is 39.8 Å². The lowest BCUT2D eigenvalue weighted by atomic mass is 10.2. The van der Waals surface area contributed by atoms with E-state index in [0.29, 0.717) is 5.37 Å². The van der Waals surface area contributed by atoms with E-state index in [0.717, 1.165) is 4.47 Å². The SMILES string of the molecule is Brc1ccc([C@@H]2[NH2+]CCS2)cc1. The maximum Gasteiger partial charge on any atom is 0.159 e. The Kier molecular flexibility index (Phi) is 2.73. The standard InChI is InChI=1S/C9H10BrNS/c10-8-3-1-7(2-4-8)9-11-5-6-12-9/h1-4,9,11H,5-6H2/p+1/t9-/m1/s1. The number of halogens is 1. The molecule has 0 spiro atoms. The highest BCUT2D eigenvalue weighted by molar-refractivity contribution is 9.10. The summed E-state index contributed by atoms with van der Waals surface area (Å²) in [7, 11) is 0. The number of quaternary nitrogens is 1. The Morgan fingerprint density at radius 1 is 1.33 bits per heavy atom. The van der Waals surface area contributed by atoms with Crippen LogP contribution in [0.4, 0.5) is 0 Å². The van der Waals surface area contributed by atoms with Crippen molar-refractivity contribution in [3.63, 3.8) is 0 Å². The van der Waals surface area contributed by atoms with Crippen LogP contribution in [-0.4, -0.2) is 12.3 Å². The zero-order valence-electron chi connectivity index (χ0n) is 6.66. The summed E-state index contributed by atoms with van der Waals surface area (Å²) in [5.41, 5.74) is 1.43. The van der Waals surface area contributed by atoms with Crippen LogP contribution in [0.3, 0.4) is 0 Å². The monoisotopic (exact) mass is 244 g/mol. The Hall–Kier alpha value is 0.01000. The van der Waals surface area contributed by atoms with Crippen LogP contribution in [0.2, 0.25) is 0 Å². The number of thioether (sulfide) groups is 1. The van der Waals surface area contributed by atoms with Crippen molar-refractivity contribution in [2.45, 2.75) is 5.37 Å². The van der Waals surface area contributed by atoms with E-state index in [4.69, 9.17) is 0 Å². The number of hydrogen-bond acceptors (Lipinski definition) is 1. The van der Waals surface area contributed by atoms with Gasteiger partial charge in [0.15, 0.2) is 5.37 Å². The van der Waals surface area contributed by atoms with Crippen LogP contribution in [0.1, 0.15) is 10.9 Å². The van der Waals surface area contributed by atoms with Gasteiger partial charge in [0.05, 0.1) is 6.54 Å². The molecule has 1 saturated heterocycles. The lowest BCUT2D eigenvalue weighted by molar-refractivity contribution is -0.663. The van der Waals surface area contributed by atoms with Crippen molar-refractivity contribution in [3.8, 4) is 0 Å². The predicted octanol–water partition coefficient (Wildman–Crippen LogP) is 1.76. The first-order valence-corrected chi connectivity index (χ1v) is 5.91. The van der Waals surface area contributed by atoms with E-state index >= 15 is 0 Å². The third-order valence-electron chi connectivity index (χ3n) is 1.99. The lowest BCUT2D eigenvalue weighted by Crippen LogP contribution is -2.81. The largest absolute Gasteiger partial charge is 0.331 e. The van der Waals surface area contributed by atoms with Gasteiger partial charge in [-0.15, -0.1) is 0 Å². The van der Waals surface area contributed by atoms with Gasteiger partial charge < -0.3 is 5.32 Å². The van der Waals surface area contributed by atoms with Crippen molar-refractivity contribution < 1.29 is 5.32 Å². The van der Waals surface area contributed by atoms with Crippen molar-refractivity contribution in [3.05, 3.63) is 34.3 Å². The lowest BCUT2D eigenvalue weighted by Gasteiger charge is -2.05. The summed E-state index contributed by atoms with van der Waals surface area (Å²) < 4.78 is 1.16. The van der Waals surface area contributed by atoms with Crippen molar-refractivity contribution in [2.75, 3.05) is 12.3 Å². The molecule has 3 heteroatoms. The molecule has 0 amide bonds. The average molecular weight is 245 g/mol. The molecular weight excluding hydrogens is 234 g/mol. The molecule has 1 nitrogen and oxygen atoms in total. The van der Waals surface area contributed by atoms with E-state index < -0.39 is 0 Å². The molecule has 2 rings (SSSR count). The highest BCUT2D eigenvalue weighted by Crippen LogP contribution is 2.25. The molecule has 1 fully saturated rings. The number of hydrogen-bond donors (Lipinski definition) is 1. The van der Waals surface area contributed by atoms with Crippen LogP contribution in [0, 0.1) is 0 Å². The normalized spacial score (nSPS) is 22.9. The fraction of sp³-hybridized carbons (Fsp3) is 0.333. The number of benzene rings is 1. The minimum Gasteiger partial charge on any atom is -0.331 e. The molecule has 1 aliphatic heterocycles. The highest BCUT2D eigenvalue weighted by atomic mass is 79.9.